The second-order valence-corrected chi connectivity index (χ2v) is 3.71. The van der Waals surface area contributed by atoms with E-state index in [0.717, 1.165) is 31.2 Å². The Kier molecular flexibility index (Phi) is 4.27. The van der Waals surface area contributed by atoms with Crippen LogP contribution in [-0.2, 0) is 15.8 Å². The van der Waals surface area contributed by atoms with Crippen LogP contribution in [0.1, 0.15) is 12.5 Å². The molecule has 0 bridgehead atoms. The van der Waals surface area contributed by atoms with Crippen LogP contribution < -0.4 is 5.32 Å². The number of hydrogen-bond donors (Lipinski definition) is 1. The summed E-state index contributed by atoms with van der Waals surface area (Å²) in [6, 6.07) is 2.23. The van der Waals surface area contributed by atoms with Gasteiger partial charge in [-0.25, -0.2) is 6.57 Å². The summed E-state index contributed by atoms with van der Waals surface area (Å²) >= 11 is 0. The molecule has 0 aromatic heterocycles. The molecule has 4 nitrogen and oxygen atoms in total. The van der Waals surface area contributed by atoms with Gasteiger partial charge in [0.15, 0.2) is 0 Å². The van der Waals surface area contributed by atoms with Crippen LogP contribution >= 0.6 is 0 Å². The van der Waals surface area contributed by atoms with E-state index in [0.29, 0.717) is 0 Å². The molecule has 1 unspecified atom stereocenters. The molecule has 0 saturated heterocycles. The van der Waals surface area contributed by atoms with Gasteiger partial charge in [0.25, 0.3) is 0 Å². The first-order chi connectivity index (χ1) is 8.75. The summed E-state index contributed by atoms with van der Waals surface area (Å²) in [6.07, 6.45) is -4.46. The predicted octanol–water partition coefficient (Wildman–Crippen LogP) is 2.52. The van der Waals surface area contributed by atoms with Crippen molar-refractivity contribution in [2.24, 2.45) is 0 Å². The number of anilines is 1. The average molecular weight is 270 g/mol. The van der Waals surface area contributed by atoms with E-state index in [9.17, 15) is 22.8 Å². The fourth-order valence-corrected chi connectivity index (χ4v) is 1.29. The number of nitrogens with one attached hydrogen (secondary N) is 1. The molecule has 1 aromatic carbocycles. The molecule has 0 saturated carbocycles. The number of halogens is 3. The second-order valence-electron chi connectivity index (χ2n) is 3.71. The van der Waals surface area contributed by atoms with Crippen molar-refractivity contribution < 1.29 is 22.8 Å². The predicted molar refractivity (Wildman–Crippen MR) is 61.1 cm³/mol. The quantitative estimate of drug-likeness (QED) is 0.677. The van der Waals surface area contributed by atoms with Crippen molar-refractivity contribution in [3.63, 3.8) is 0 Å². The molecule has 0 aliphatic rings. The second kappa shape index (κ2) is 5.52. The third-order valence-electron chi connectivity index (χ3n) is 2.24. The highest BCUT2D eigenvalue weighted by atomic mass is 19.4. The van der Waals surface area contributed by atoms with Crippen LogP contribution in [0.25, 0.3) is 4.85 Å². The van der Waals surface area contributed by atoms with E-state index in [4.69, 9.17) is 6.57 Å². The normalized spacial score (nSPS) is 12.4. The third kappa shape index (κ3) is 3.81. The lowest BCUT2D eigenvalue weighted by Crippen LogP contribution is -2.30. The Hall–Kier alpha value is -2.36. The number of amides is 1. The molecule has 7 heteroatoms. The first-order valence-electron chi connectivity index (χ1n) is 5.11. The zero-order valence-corrected chi connectivity index (χ0v) is 9.78. The number of carbonyl (C=O) groups is 2. The topological polar surface area (TPSA) is 50.5 Å². The minimum absolute atomic E-state index is 0.0906. The van der Waals surface area contributed by atoms with E-state index < -0.39 is 29.5 Å². The molecule has 19 heavy (non-hydrogen) atoms. The Labute approximate surface area is 107 Å². The minimum atomic E-state index is -4.46. The summed E-state index contributed by atoms with van der Waals surface area (Å²) in [5.41, 5.74) is -0.758. The van der Waals surface area contributed by atoms with Crippen molar-refractivity contribution >= 4 is 17.4 Å². The standard InChI is InChI=1S/C12H9F3N2O2/c1-7(18)10(16-2)11(19)17-9-5-3-8(4-6-9)12(13,14)15/h3-6,10H,1H3,(H,17,19). The largest absolute Gasteiger partial charge is 0.416 e. The molecular weight excluding hydrogens is 261 g/mol. The molecule has 0 aliphatic heterocycles. The van der Waals surface area contributed by atoms with E-state index >= 15 is 0 Å². The first kappa shape index (κ1) is 14.7. The van der Waals surface area contributed by atoms with Crippen LogP contribution in [0, 0.1) is 6.57 Å². The number of hydrogen-bond acceptors (Lipinski definition) is 2. The van der Waals surface area contributed by atoms with Gasteiger partial charge in [0.05, 0.1) is 5.56 Å². The van der Waals surface area contributed by atoms with E-state index in [-0.39, 0.29) is 5.69 Å². The minimum Gasteiger partial charge on any atom is -0.319 e. The van der Waals surface area contributed by atoms with Crippen LogP contribution in [0.5, 0.6) is 0 Å². The highest BCUT2D eigenvalue weighted by Crippen LogP contribution is 2.29. The lowest BCUT2D eigenvalue weighted by molar-refractivity contribution is -0.137. The van der Waals surface area contributed by atoms with Gasteiger partial charge in [-0.1, -0.05) is 0 Å². The highest BCUT2D eigenvalue weighted by molar-refractivity contribution is 6.11. The molecule has 0 aliphatic carbocycles. The summed E-state index contributed by atoms with van der Waals surface area (Å²) in [5, 5.41) is 2.21. The average Bonchev–Trinajstić information content (AvgIpc) is 2.28. The number of ketones is 1. The fraction of sp³-hybridized carbons (Fsp3) is 0.250. The zero-order chi connectivity index (χ0) is 14.6. The van der Waals surface area contributed by atoms with E-state index in [1.165, 1.54) is 0 Å². The number of rotatable bonds is 3. The van der Waals surface area contributed by atoms with Crippen LogP contribution in [0.15, 0.2) is 24.3 Å². The molecule has 0 fully saturated rings. The fourth-order valence-electron chi connectivity index (χ4n) is 1.29. The van der Waals surface area contributed by atoms with Gasteiger partial charge >= 0.3 is 18.1 Å². The van der Waals surface area contributed by atoms with Gasteiger partial charge in [-0.3, -0.25) is 14.4 Å². The van der Waals surface area contributed by atoms with Gasteiger partial charge in [0.1, 0.15) is 0 Å². The van der Waals surface area contributed by atoms with Gasteiger partial charge in [-0.15, -0.1) is 0 Å². The maximum Gasteiger partial charge on any atom is 0.416 e. The summed E-state index contributed by atoms with van der Waals surface area (Å²) < 4.78 is 36.9. The van der Waals surface area contributed by atoms with Crippen LogP contribution in [0.3, 0.4) is 0 Å². The van der Waals surface area contributed by atoms with E-state index in [1.807, 2.05) is 0 Å². The molecule has 0 heterocycles. The van der Waals surface area contributed by atoms with Gasteiger partial charge in [0, 0.05) is 12.6 Å². The molecular formula is C12H9F3N2O2. The number of Topliss-reactive ketones (excluding diaryl/α,β-unsaturated/α-hetero) is 1. The SMILES string of the molecule is [C-]#[N+]C(C(C)=O)C(=O)Nc1ccc(C(F)(F)F)cc1. The van der Waals surface area contributed by atoms with Gasteiger partial charge in [0.2, 0.25) is 5.78 Å². The smallest absolute Gasteiger partial charge is 0.319 e. The van der Waals surface area contributed by atoms with Crippen molar-refractivity contribution in [1.82, 2.24) is 0 Å². The van der Waals surface area contributed by atoms with E-state index in [2.05, 4.69) is 10.2 Å². The maximum absolute atomic E-state index is 12.3. The number of carbonyl (C=O) groups excluding carboxylic acids is 2. The molecule has 1 atom stereocenters. The van der Waals surface area contributed by atoms with Gasteiger partial charge in [-0.2, -0.15) is 13.2 Å². The number of nitrogens with zero attached hydrogens (tertiary/aromatic N) is 1. The van der Waals surface area contributed by atoms with Crippen LogP contribution in [-0.4, -0.2) is 17.7 Å². The third-order valence-corrected chi connectivity index (χ3v) is 2.24. The Balaban J connectivity index is 2.82. The molecule has 0 radical (unpaired) electrons. The maximum atomic E-state index is 12.3. The molecule has 100 valence electrons. The number of alkyl halides is 3. The lowest BCUT2D eigenvalue weighted by atomic mass is 10.1. The Morgan fingerprint density at radius 2 is 1.79 bits per heavy atom. The Bertz CT molecular complexity index is 529. The van der Waals surface area contributed by atoms with Crippen molar-refractivity contribution in [1.29, 1.82) is 0 Å². The van der Waals surface area contributed by atoms with Crippen molar-refractivity contribution in [2.75, 3.05) is 5.32 Å². The zero-order valence-electron chi connectivity index (χ0n) is 9.78. The molecule has 1 N–H and O–H groups in total. The highest BCUT2D eigenvalue weighted by Gasteiger charge is 2.31. The monoisotopic (exact) mass is 270 g/mol. The Morgan fingerprint density at radius 1 is 1.26 bits per heavy atom. The number of benzene rings is 1. The summed E-state index contributed by atoms with van der Waals surface area (Å²) in [7, 11) is 0. The summed E-state index contributed by atoms with van der Waals surface area (Å²) in [5.74, 6) is -1.48. The Morgan fingerprint density at radius 3 is 2.16 bits per heavy atom. The van der Waals surface area contributed by atoms with Crippen molar-refractivity contribution in [2.45, 2.75) is 19.1 Å². The lowest BCUT2D eigenvalue weighted by Gasteiger charge is -2.08. The molecule has 1 amide bonds. The van der Waals surface area contributed by atoms with Gasteiger partial charge < -0.3 is 5.32 Å². The summed E-state index contributed by atoms with van der Waals surface area (Å²) in [6.45, 7) is 7.79. The van der Waals surface area contributed by atoms with Crippen molar-refractivity contribution in [3.8, 4) is 0 Å². The van der Waals surface area contributed by atoms with Gasteiger partial charge in [-0.05, 0) is 24.3 Å². The summed E-state index contributed by atoms with van der Waals surface area (Å²) in [4.78, 5) is 25.3. The molecule has 1 aromatic rings. The van der Waals surface area contributed by atoms with Crippen LogP contribution in [0.4, 0.5) is 18.9 Å². The van der Waals surface area contributed by atoms with Crippen molar-refractivity contribution in [3.05, 3.63) is 41.2 Å². The molecule has 1 rings (SSSR count). The molecule has 0 spiro atoms. The van der Waals surface area contributed by atoms with E-state index in [1.54, 1.807) is 0 Å². The first-order valence-corrected chi connectivity index (χ1v) is 5.11. The van der Waals surface area contributed by atoms with Crippen LogP contribution in [0.2, 0.25) is 0 Å².